The zero-order valence-electron chi connectivity index (χ0n) is 24.0. The molecule has 6 rings (SSSR count). The number of hydrogen-bond acceptors (Lipinski definition) is 6. The number of carbonyl (C=O) groups excluding carboxylic acids is 2. The summed E-state index contributed by atoms with van der Waals surface area (Å²) in [7, 11) is 0. The molecule has 4 heterocycles. The molecule has 1 unspecified atom stereocenters. The molecule has 0 radical (unpaired) electrons. The van der Waals surface area contributed by atoms with Crippen molar-refractivity contribution in [1.29, 1.82) is 0 Å². The average molecular weight is 572 g/mol. The molecule has 5 aromatic rings. The number of pyridine rings is 1. The number of hydrogen-bond donors (Lipinski definition) is 2. The third-order valence-electron chi connectivity index (χ3n) is 7.45. The fourth-order valence-corrected chi connectivity index (χ4v) is 5.37. The molecule has 1 saturated heterocycles. The van der Waals surface area contributed by atoms with Gasteiger partial charge in [0.15, 0.2) is 0 Å². The third-order valence-corrected chi connectivity index (χ3v) is 7.45. The summed E-state index contributed by atoms with van der Waals surface area (Å²) in [6.45, 7) is 3.19. The van der Waals surface area contributed by atoms with Gasteiger partial charge in [-0.25, -0.2) is 14.5 Å². The Morgan fingerprint density at radius 1 is 1.00 bits per heavy atom. The van der Waals surface area contributed by atoms with Crippen molar-refractivity contribution >= 4 is 29.0 Å². The maximum Gasteiger partial charge on any atom is 0.253 e. The maximum atomic E-state index is 13.3. The van der Waals surface area contributed by atoms with Crippen LogP contribution in [0.3, 0.4) is 0 Å². The molecule has 0 aliphatic carbocycles. The second-order valence-electron chi connectivity index (χ2n) is 10.5. The van der Waals surface area contributed by atoms with E-state index in [1.165, 1.54) is 6.08 Å². The molecule has 43 heavy (non-hydrogen) atoms. The second-order valence-corrected chi connectivity index (χ2v) is 10.5. The Labute approximate surface area is 250 Å². The highest BCUT2D eigenvalue weighted by Crippen LogP contribution is 2.34. The Morgan fingerprint density at radius 3 is 2.63 bits per heavy atom. The molecule has 1 aliphatic rings. The molecule has 2 amide bonds. The van der Waals surface area contributed by atoms with E-state index in [2.05, 4.69) is 15.6 Å². The van der Waals surface area contributed by atoms with Gasteiger partial charge in [0.1, 0.15) is 5.69 Å². The van der Waals surface area contributed by atoms with Gasteiger partial charge in [-0.2, -0.15) is 5.10 Å². The topological polar surface area (TPSA) is 105 Å². The number of likely N-dealkylation sites (tertiary alicyclic amines) is 1. The van der Waals surface area contributed by atoms with Gasteiger partial charge in [0.25, 0.3) is 5.91 Å². The largest absolute Gasteiger partial charge is 0.350 e. The van der Waals surface area contributed by atoms with Crippen molar-refractivity contribution in [3.63, 3.8) is 0 Å². The lowest BCUT2D eigenvalue weighted by molar-refractivity contribution is -0.111. The average Bonchev–Trinajstić information content (AvgIpc) is 3.44. The minimum absolute atomic E-state index is 0.00867. The zero-order valence-corrected chi connectivity index (χ0v) is 24.0. The molecular formula is C34H33N7O2. The second kappa shape index (κ2) is 12.7. The lowest BCUT2D eigenvalue weighted by Gasteiger charge is -2.33. The number of carbonyl (C=O) groups is 2. The highest BCUT2D eigenvalue weighted by atomic mass is 16.2. The van der Waals surface area contributed by atoms with Crippen molar-refractivity contribution in [3.05, 3.63) is 109 Å². The molecular weight excluding hydrogens is 538 g/mol. The molecule has 1 fully saturated rings. The van der Waals surface area contributed by atoms with Crippen LogP contribution in [-0.2, 0) is 4.79 Å². The number of rotatable bonds is 8. The Hall–Kier alpha value is -5.31. The van der Waals surface area contributed by atoms with Crippen LogP contribution in [0.25, 0.3) is 28.0 Å². The SMILES string of the molecule is CC/C=C/C(=O)Nc1ccc(C(=O)N2CCCC(Nc3nccc(-c4c(-c5ccccc5)nn5ccccc45)n3)C2)cc1. The summed E-state index contributed by atoms with van der Waals surface area (Å²) in [6, 6.07) is 25.0. The van der Waals surface area contributed by atoms with Gasteiger partial charge in [-0.05, 0) is 67.8 Å². The van der Waals surface area contributed by atoms with Gasteiger partial charge in [0.05, 0.1) is 16.8 Å². The first-order chi connectivity index (χ1) is 21.1. The van der Waals surface area contributed by atoms with E-state index in [9.17, 15) is 9.59 Å². The van der Waals surface area contributed by atoms with Gasteiger partial charge < -0.3 is 15.5 Å². The Kier molecular flexibility index (Phi) is 8.21. The standard InChI is InChI=1S/C34H33N7O2/c1-2-3-14-30(42)36-26-17-15-25(16-18-26)33(43)40-21-9-12-27(23-40)37-34-35-20-19-28(38-34)31-29-13-7-8-22-41(29)39-32(31)24-10-5-4-6-11-24/h3-8,10-11,13-20,22,27H,2,9,12,21,23H2,1H3,(H,36,42)(H,35,37,38)/b14-3+. The van der Waals surface area contributed by atoms with Gasteiger partial charge in [-0.15, -0.1) is 0 Å². The normalized spacial score (nSPS) is 15.1. The van der Waals surface area contributed by atoms with E-state index in [0.29, 0.717) is 30.3 Å². The van der Waals surface area contributed by atoms with Crippen molar-refractivity contribution in [2.24, 2.45) is 0 Å². The number of piperidine rings is 1. The van der Waals surface area contributed by atoms with Gasteiger partial charge in [-0.3, -0.25) is 9.59 Å². The first-order valence-corrected chi connectivity index (χ1v) is 14.6. The number of benzene rings is 2. The molecule has 3 aromatic heterocycles. The minimum atomic E-state index is -0.185. The number of fused-ring (bicyclic) bond motifs is 1. The third kappa shape index (κ3) is 6.30. The van der Waals surface area contributed by atoms with Crippen LogP contribution in [0.5, 0.6) is 0 Å². The Balaban J connectivity index is 1.17. The van der Waals surface area contributed by atoms with Crippen molar-refractivity contribution in [1.82, 2.24) is 24.5 Å². The molecule has 1 aliphatic heterocycles. The summed E-state index contributed by atoms with van der Waals surface area (Å²) < 4.78 is 1.88. The summed E-state index contributed by atoms with van der Waals surface area (Å²) in [5.41, 5.74) is 5.79. The fraction of sp³-hybridized carbons (Fsp3) is 0.206. The molecule has 9 heteroatoms. The maximum absolute atomic E-state index is 13.3. The minimum Gasteiger partial charge on any atom is -0.350 e. The van der Waals surface area contributed by atoms with Gasteiger partial charge in [0, 0.05) is 48.3 Å². The van der Waals surface area contributed by atoms with Crippen LogP contribution < -0.4 is 10.6 Å². The number of anilines is 2. The van der Waals surface area contributed by atoms with E-state index in [4.69, 9.17) is 10.1 Å². The van der Waals surface area contributed by atoms with Crippen molar-refractivity contribution in [2.45, 2.75) is 32.2 Å². The Morgan fingerprint density at radius 2 is 1.81 bits per heavy atom. The number of nitrogens with one attached hydrogen (secondary N) is 2. The van der Waals surface area contributed by atoms with Crippen LogP contribution in [0.4, 0.5) is 11.6 Å². The molecule has 216 valence electrons. The first-order valence-electron chi connectivity index (χ1n) is 14.6. The van der Waals surface area contributed by atoms with Crippen molar-refractivity contribution in [2.75, 3.05) is 23.7 Å². The van der Waals surface area contributed by atoms with Crippen LogP contribution in [0.15, 0.2) is 103 Å². The van der Waals surface area contributed by atoms with Crippen LogP contribution in [0.2, 0.25) is 0 Å². The highest BCUT2D eigenvalue weighted by Gasteiger charge is 2.25. The molecule has 0 spiro atoms. The van der Waals surface area contributed by atoms with E-state index in [1.54, 1.807) is 36.5 Å². The summed E-state index contributed by atoms with van der Waals surface area (Å²) in [5.74, 6) is 0.294. The van der Waals surface area contributed by atoms with E-state index in [1.807, 2.05) is 77.1 Å². The number of amides is 2. The molecule has 0 bridgehead atoms. The number of aromatic nitrogens is 4. The van der Waals surface area contributed by atoms with Gasteiger partial charge in [0.2, 0.25) is 11.9 Å². The Bertz CT molecular complexity index is 1760. The van der Waals surface area contributed by atoms with Crippen LogP contribution in [-0.4, -0.2) is 55.4 Å². The van der Waals surface area contributed by atoms with Crippen LogP contribution >= 0.6 is 0 Å². The fourth-order valence-electron chi connectivity index (χ4n) is 5.37. The summed E-state index contributed by atoms with van der Waals surface area (Å²) in [6.07, 6.45) is 9.58. The van der Waals surface area contributed by atoms with E-state index >= 15 is 0 Å². The molecule has 2 N–H and O–H groups in total. The van der Waals surface area contributed by atoms with Gasteiger partial charge >= 0.3 is 0 Å². The zero-order chi connectivity index (χ0) is 29.6. The van der Waals surface area contributed by atoms with Crippen LogP contribution in [0.1, 0.15) is 36.5 Å². The predicted octanol–water partition coefficient (Wildman–Crippen LogP) is 6.08. The molecule has 9 nitrogen and oxygen atoms in total. The quantitative estimate of drug-likeness (QED) is 0.219. The van der Waals surface area contributed by atoms with Crippen molar-refractivity contribution in [3.8, 4) is 22.5 Å². The highest BCUT2D eigenvalue weighted by molar-refractivity contribution is 6.00. The predicted molar refractivity (Wildman–Crippen MR) is 169 cm³/mol. The number of nitrogens with zero attached hydrogens (tertiary/aromatic N) is 5. The van der Waals surface area contributed by atoms with E-state index in [0.717, 1.165) is 47.3 Å². The van der Waals surface area contributed by atoms with E-state index in [-0.39, 0.29) is 17.9 Å². The lowest BCUT2D eigenvalue weighted by Crippen LogP contribution is -2.45. The molecule has 2 aromatic carbocycles. The van der Waals surface area contributed by atoms with Crippen LogP contribution in [0, 0.1) is 0 Å². The number of allylic oxidation sites excluding steroid dienone is 1. The summed E-state index contributed by atoms with van der Waals surface area (Å²) in [4.78, 5) is 36.6. The molecule has 1 atom stereocenters. The smallest absolute Gasteiger partial charge is 0.253 e. The van der Waals surface area contributed by atoms with E-state index < -0.39 is 0 Å². The summed E-state index contributed by atoms with van der Waals surface area (Å²) in [5, 5.41) is 11.2. The van der Waals surface area contributed by atoms with Gasteiger partial charge in [-0.1, -0.05) is 49.4 Å². The summed E-state index contributed by atoms with van der Waals surface area (Å²) >= 11 is 0. The molecule has 0 saturated carbocycles. The lowest BCUT2D eigenvalue weighted by atomic mass is 10.0. The first kappa shape index (κ1) is 27.8. The monoisotopic (exact) mass is 571 g/mol. The van der Waals surface area contributed by atoms with Crippen molar-refractivity contribution < 1.29 is 9.59 Å².